The number of carbonyl (C=O) groups is 1. The fourth-order valence-corrected chi connectivity index (χ4v) is 3.21. The predicted octanol–water partition coefficient (Wildman–Crippen LogP) is 2.61. The van der Waals surface area contributed by atoms with Gasteiger partial charge in [-0.2, -0.15) is 0 Å². The van der Waals surface area contributed by atoms with Gasteiger partial charge in [-0.1, -0.05) is 12.1 Å². The van der Waals surface area contributed by atoms with Crippen LogP contribution in [0.2, 0.25) is 0 Å². The molecule has 1 amide bonds. The minimum absolute atomic E-state index is 0.231. The molecule has 2 rings (SSSR count). The average molecular weight is 393 g/mol. The molecule has 0 spiro atoms. The van der Waals surface area contributed by atoms with Crippen LogP contribution in [0.1, 0.15) is 28.9 Å². The Morgan fingerprint density at radius 1 is 0.963 bits per heavy atom. The first kappa shape index (κ1) is 20.6. The van der Waals surface area contributed by atoms with E-state index >= 15 is 0 Å². The van der Waals surface area contributed by atoms with Gasteiger partial charge in [0.2, 0.25) is 5.75 Å². The van der Waals surface area contributed by atoms with Crippen molar-refractivity contribution in [3.8, 4) is 17.2 Å². The molecule has 27 heavy (non-hydrogen) atoms. The summed E-state index contributed by atoms with van der Waals surface area (Å²) in [6, 6.07) is 9.20. The van der Waals surface area contributed by atoms with E-state index in [4.69, 9.17) is 14.2 Å². The van der Waals surface area contributed by atoms with Crippen LogP contribution >= 0.6 is 0 Å². The highest BCUT2D eigenvalue weighted by Crippen LogP contribution is 2.38. The lowest BCUT2D eigenvalue weighted by Crippen LogP contribution is -2.26. The molecule has 0 aliphatic heterocycles. The molecule has 0 fully saturated rings. The van der Waals surface area contributed by atoms with Crippen LogP contribution in [-0.4, -0.2) is 41.9 Å². The summed E-state index contributed by atoms with van der Waals surface area (Å²) in [6.07, 6.45) is 1.15. The van der Waals surface area contributed by atoms with E-state index in [0.717, 1.165) is 11.8 Å². The second-order valence-corrected chi connectivity index (χ2v) is 7.97. The van der Waals surface area contributed by atoms with Gasteiger partial charge in [0.15, 0.2) is 21.3 Å². The van der Waals surface area contributed by atoms with Crippen molar-refractivity contribution in [2.24, 2.45) is 0 Å². The van der Waals surface area contributed by atoms with Crippen molar-refractivity contribution in [2.75, 3.05) is 27.6 Å². The van der Waals surface area contributed by atoms with Gasteiger partial charge in [-0.05, 0) is 36.8 Å². The van der Waals surface area contributed by atoms with Crippen LogP contribution in [0.3, 0.4) is 0 Å². The first-order valence-electron chi connectivity index (χ1n) is 8.12. The maximum atomic E-state index is 12.6. The molecular formula is C19H23NO6S. The van der Waals surface area contributed by atoms with Crippen LogP contribution < -0.4 is 19.5 Å². The van der Waals surface area contributed by atoms with Crippen molar-refractivity contribution in [3.05, 3.63) is 47.5 Å². The summed E-state index contributed by atoms with van der Waals surface area (Å²) in [5, 5.41) is 2.87. The monoisotopic (exact) mass is 393 g/mol. The fourth-order valence-electron chi connectivity index (χ4n) is 2.58. The van der Waals surface area contributed by atoms with Crippen molar-refractivity contribution in [3.63, 3.8) is 0 Å². The molecular weight excluding hydrogens is 370 g/mol. The number of nitrogens with one attached hydrogen (secondary N) is 1. The maximum absolute atomic E-state index is 12.6. The Morgan fingerprint density at radius 2 is 1.48 bits per heavy atom. The van der Waals surface area contributed by atoms with Crippen LogP contribution in [0.25, 0.3) is 0 Å². The van der Waals surface area contributed by atoms with E-state index in [1.54, 1.807) is 24.3 Å². The highest BCUT2D eigenvalue weighted by atomic mass is 32.2. The van der Waals surface area contributed by atoms with Crippen LogP contribution in [0.4, 0.5) is 0 Å². The van der Waals surface area contributed by atoms with E-state index in [2.05, 4.69) is 5.32 Å². The largest absolute Gasteiger partial charge is 0.493 e. The summed E-state index contributed by atoms with van der Waals surface area (Å²) in [5.41, 5.74) is 1.13. The highest BCUT2D eigenvalue weighted by Gasteiger charge is 2.19. The Labute approximate surface area is 159 Å². The van der Waals surface area contributed by atoms with E-state index in [1.165, 1.54) is 33.5 Å². The zero-order valence-electron chi connectivity index (χ0n) is 15.9. The lowest BCUT2D eigenvalue weighted by molar-refractivity contribution is 0.0939. The number of ether oxygens (including phenoxy) is 3. The second-order valence-electron chi connectivity index (χ2n) is 5.95. The molecule has 8 heteroatoms. The summed E-state index contributed by atoms with van der Waals surface area (Å²) in [6.45, 7) is 1.81. The van der Waals surface area contributed by atoms with Gasteiger partial charge in [0.25, 0.3) is 5.91 Å². The van der Waals surface area contributed by atoms with Gasteiger partial charge < -0.3 is 19.5 Å². The van der Waals surface area contributed by atoms with Gasteiger partial charge in [0, 0.05) is 11.8 Å². The predicted molar refractivity (Wildman–Crippen MR) is 102 cm³/mol. The summed E-state index contributed by atoms with van der Waals surface area (Å²) in [5.74, 6) is 0.842. The van der Waals surface area contributed by atoms with E-state index in [9.17, 15) is 13.2 Å². The number of amides is 1. The van der Waals surface area contributed by atoms with Gasteiger partial charge >= 0.3 is 0 Å². The van der Waals surface area contributed by atoms with Gasteiger partial charge in [-0.3, -0.25) is 4.79 Å². The van der Waals surface area contributed by atoms with E-state index in [1.807, 2.05) is 6.92 Å². The quantitative estimate of drug-likeness (QED) is 0.778. The van der Waals surface area contributed by atoms with Crippen molar-refractivity contribution in [1.82, 2.24) is 5.32 Å². The Kier molecular flexibility index (Phi) is 6.32. The standard InChI is InChI=1S/C19H23NO6S/c1-12(13-6-8-15(9-7-13)27(5,22)23)20-19(21)14-10-16(24-2)18(26-4)17(11-14)25-3/h6-12H,1-5H3,(H,20,21). The molecule has 0 aliphatic rings. The number of sulfone groups is 1. The Morgan fingerprint density at radius 3 is 1.89 bits per heavy atom. The summed E-state index contributed by atoms with van der Waals surface area (Å²) >= 11 is 0. The summed E-state index contributed by atoms with van der Waals surface area (Å²) in [4.78, 5) is 12.9. The number of benzene rings is 2. The Balaban J connectivity index is 2.23. The molecule has 0 saturated carbocycles. The van der Waals surface area contributed by atoms with E-state index in [-0.39, 0.29) is 16.8 Å². The SMILES string of the molecule is COc1cc(C(=O)NC(C)c2ccc(S(C)(=O)=O)cc2)cc(OC)c1OC. The van der Waals surface area contributed by atoms with Gasteiger partial charge in [0.05, 0.1) is 32.3 Å². The number of hydrogen-bond acceptors (Lipinski definition) is 6. The number of hydrogen-bond donors (Lipinski definition) is 1. The molecule has 7 nitrogen and oxygen atoms in total. The lowest BCUT2D eigenvalue weighted by Gasteiger charge is -2.17. The fraction of sp³-hybridized carbons (Fsp3) is 0.316. The smallest absolute Gasteiger partial charge is 0.252 e. The van der Waals surface area contributed by atoms with Gasteiger partial charge in [-0.15, -0.1) is 0 Å². The Bertz CT molecular complexity index is 897. The average Bonchev–Trinajstić information content (AvgIpc) is 2.65. The van der Waals surface area contributed by atoms with Gasteiger partial charge in [-0.25, -0.2) is 8.42 Å². The molecule has 1 N–H and O–H groups in total. The molecule has 0 aliphatic carbocycles. The molecule has 0 radical (unpaired) electrons. The molecule has 0 saturated heterocycles. The molecule has 2 aromatic carbocycles. The van der Waals surface area contributed by atoms with Gasteiger partial charge in [0.1, 0.15) is 0 Å². The third-order valence-corrected chi connectivity index (χ3v) is 5.21. The normalized spacial score (nSPS) is 12.2. The Hall–Kier alpha value is -2.74. The first-order valence-corrected chi connectivity index (χ1v) is 10.0. The van der Waals surface area contributed by atoms with Crippen LogP contribution in [0, 0.1) is 0 Å². The topological polar surface area (TPSA) is 90.9 Å². The first-order chi connectivity index (χ1) is 12.7. The second kappa shape index (κ2) is 8.30. The molecule has 0 heterocycles. The van der Waals surface area contributed by atoms with Crippen molar-refractivity contribution in [1.29, 1.82) is 0 Å². The molecule has 2 aromatic rings. The highest BCUT2D eigenvalue weighted by molar-refractivity contribution is 7.90. The molecule has 1 atom stereocenters. The number of methoxy groups -OCH3 is 3. The minimum Gasteiger partial charge on any atom is -0.493 e. The number of carbonyl (C=O) groups excluding carboxylic acids is 1. The summed E-state index contributed by atoms with van der Waals surface area (Å²) < 4.78 is 38.9. The van der Waals surface area contributed by atoms with Crippen LogP contribution in [0.15, 0.2) is 41.3 Å². The molecule has 146 valence electrons. The van der Waals surface area contributed by atoms with E-state index in [0.29, 0.717) is 22.8 Å². The zero-order valence-corrected chi connectivity index (χ0v) is 16.7. The van der Waals surface area contributed by atoms with Crippen LogP contribution in [0.5, 0.6) is 17.2 Å². The summed E-state index contributed by atoms with van der Waals surface area (Å²) in [7, 11) is 1.18. The van der Waals surface area contributed by atoms with Crippen molar-refractivity contribution in [2.45, 2.75) is 17.9 Å². The lowest BCUT2D eigenvalue weighted by atomic mass is 10.1. The maximum Gasteiger partial charge on any atom is 0.252 e. The minimum atomic E-state index is -3.26. The molecule has 0 aromatic heterocycles. The zero-order chi connectivity index (χ0) is 20.2. The number of rotatable bonds is 7. The molecule has 0 bridgehead atoms. The third kappa shape index (κ3) is 4.71. The molecule has 1 unspecified atom stereocenters. The van der Waals surface area contributed by atoms with Crippen LogP contribution in [-0.2, 0) is 9.84 Å². The third-order valence-electron chi connectivity index (χ3n) is 4.08. The van der Waals surface area contributed by atoms with E-state index < -0.39 is 9.84 Å². The van der Waals surface area contributed by atoms with Crippen molar-refractivity contribution >= 4 is 15.7 Å². The van der Waals surface area contributed by atoms with Crippen molar-refractivity contribution < 1.29 is 27.4 Å².